The summed E-state index contributed by atoms with van der Waals surface area (Å²) in [6.07, 6.45) is -0.898. The molecule has 3 aromatic carbocycles. The molecular formula is C34H37N5O4. The van der Waals surface area contributed by atoms with Gasteiger partial charge in [-0.15, -0.1) is 0 Å². The molecule has 1 aliphatic rings. The van der Waals surface area contributed by atoms with Crippen LogP contribution in [0.25, 0.3) is 10.9 Å². The van der Waals surface area contributed by atoms with Crippen molar-refractivity contribution in [2.45, 2.75) is 39.8 Å². The number of hydrogen-bond acceptors (Lipinski definition) is 7. The minimum absolute atomic E-state index is 0.00365. The molecule has 0 radical (unpaired) electrons. The van der Waals surface area contributed by atoms with E-state index in [4.69, 9.17) is 9.72 Å². The Morgan fingerprint density at radius 1 is 0.953 bits per heavy atom. The smallest absolute Gasteiger partial charge is 0.265 e. The molecule has 1 aromatic heterocycles. The topological polar surface area (TPSA) is 104 Å². The molecule has 43 heavy (non-hydrogen) atoms. The van der Waals surface area contributed by atoms with E-state index in [0.717, 1.165) is 52.2 Å². The number of nitrogens with zero attached hydrogens (tertiary/aromatic N) is 3. The highest BCUT2D eigenvalue weighted by molar-refractivity contribution is 6.06. The Balaban J connectivity index is 1.36. The Labute approximate surface area is 251 Å². The third-order valence-electron chi connectivity index (χ3n) is 7.40. The van der Waals surface area contributed by atoms with Crippen LogP contribution in [0, 0.1) is 13.8 Å². The summed E-state index contributed by atoms with van der Waals surface area (Å²) in [6.45, 7) is 7.66. The molecule has 9 heteroatoms. The number of pyridine rings is 1. The van der Waals surface area contributed by atoms with Gasteiger partial charge < -0.3 is 25.2 Å². The van der Waals surface area contributed by atoms with Gasteiger partial charge in [0.25, 0.3) is 5.91 Å². The van der Waals surface area contributed by atoms with E-state index < -0.39 is 6.10 Å². The van der Waals surface area contributed by atoms with Gasteiger partial charge in [-0.05, 0) is 87.6 Å². The number of amides is 2. The zero-order valence-corrected chi connectivity index (χ0v) is 25.2. The molecule has 0 bridgehead atoms. The first-order valence-electron chi connectivity index (χ1n) is 14.3. The van der Waals surface area contributed by atoms with Crippen LogP contribution in [-0.2, 0) is 16.1 Å². The Morgan fingerprint density at radius 3 is 2.51 bits per heavy atom. The van der Waals surface area contributed by atoms with Crippen molar-refractivity contribution in [1.29, 1.82) is 0 Å². The predicted octanol–water partition coefficient (Wildman–Crippen LogP) is 5.35. The van der Waals surface area contributed by atoms with Gasteiger partial charge in [0.05, 0.1) is 17.5 Å². The number of fused-ring (bicyclic) bond motifs is 2. The molecule has 5 rings (SSSR count). The molecule has 0 aliphatic carbocycles. The molecule has 0 saturated carbocycles. The first-order valence-corrected chi connectivity index (χ1v) is 14.3. The van der Waals surface area contributed by atoms with Crippen LogP contribution in [0.15, 0.2) is 66.7 Å². The van der Waals surface area contributed by atoms with E-state index in [0.29, 0.717) is 23.5 Å². The van der Waals surface area contributed by atoms with Gasteiger partial charge in [0.2, 0.25) is 5.91 Å². The van der Waals surface area contributed by atoms with Crippen LogP contribution in [0.5, 0.6) is 5.75 Å². The van der Waals surface area contributed by atoms with Gasteiger partial charge in [-0.3, -0.25) is 14.4 Å². The molecule has 0 saturated heterocycles. The fourth-order valence-corrected chi connectivity index (χ4v) is 5.19. The lowest BCUT2D eigenvalue weighted by molar-refractivity contribution is -0.123. The Kier molecular flexibility index (Phi) is 8.73. The van der Waals surface area contributed by atoms with Crippen LogP contribution >= 0.6 is 0 Å². The molecule has 1 unspecified atom stereocenters. The van der Waals surface area contributed by atoms with Crippen LogP contribution in [0.1, 0.15) is 40.4 Å². The normalized spacial score (nSPS) is 14.3. The van der Waals surface area contributed by atoms with E-state index in [1.165, 1.54) is 6.92 Å². The SMILES string of the molecule is CC(=O)Nc1cccc(CN(CCN(C)C)c2cc(C)c3cc(NC(=O)C4CC(=O)c5cc(C)ccc5O4)ccc3n2)c1. The maximum atomic E-state index is 13.1. The largest absolute Gasteiger partial charge is 0.479 e. The molecule has 0 spiro atoms. The summed E-state index contributed by atoms with van der Waals surface area (Å²) >= 11 is 0. The van der Waals surface area contributed by atoms with E-state index >= 15 is 0 Å². The quantitative estimate of drug-likeness (QED) is 0.276. The molecule has 1 aliphatic heterocycles. The number of benzene rings is 3. The average molecular weight is 580 g/mol. The predicted molar refractivity (Wildman–Crippen MR) is 170 cm³/mol. The summed E-state index contributed by atoms with van der Waals surface area (Å²) in [6, 6.07) is 20.9. The monoisotopic (exact) mass is 579 g/mol. The molecule has 222 valence electrons. The molecule has 9 nitrogen and oxygen atoms in total. The zero-order valence-electron chi connectivity index (χ0n) is 25.2. The number of hydrogen-bond donors (Lipinski definition) is 2. The van der Waals surface area contributed by atoms with Crippen LogP contribution in [0.2, 0.25) is 0 Å². The number of ketones is 1. The Bertz CT molecular complexity index is 1700. The third-order valence-corrected chi connectivity index (χ3v) is 7.40. The fraction of sp³-hybridized carbons (Fsp3) is 0.294. The summed E-state index contributed by atoms with van der Waals surface area (Å²) in [5, 5.41) is 6.70. The van der Waals surface area contributed by atoms with Crippen molar-refractivity contribution in [3.05, 3.63) is 89.0 Å². The van der Waals surface area contributed by atoms with Gasteiger partial charge in [-0.1, -0.05) is 23.8 Å². The lowest BCUT2D eigenvalue weighted by Gasteiger charge is -2.27. The standard InChI is InChI=1S/C34H37N5O4/c1-21-9-12-31-28(15-21)30(41)19-32(43-31)34(42)36-26-10-11-29-27(18-26)22(2)16-33(37-29)39(14-13-38(4)5)20-24-7-6-8-25(17-24)35-23(3)40/h6-12,15-18,32H,13-14,19-20H2,1-5H3,(H,35,40)(H,36,42). The lowest BCUT2D eigenvalue weighted by Crippen LogP contribution is -2.38. The maximum absolute atomic E-state index is 13.1. The first-order chi connectivity index (χ1) is 20.5. The van der Waals surface area contributed by atoms with Crippen molar-refractivity contribution < 1.29 is 19.1 Å². The number of anilines is 3. The van der Waals surface area contributed by atoms with E-state index in [-0.39, 0.29) is 24.0 Å². The van der Waals surface area contributed by atoms with Crippen molar-refractivity contribution in [3.8, 4) is 5.75 Å². The van der Waals surface area contributed by atoms with E-state index in [1.54, 1.807) is 12.1 Å². The number of ether oxygens (including phenoxy) is 1. The second kappa shape index (κ2) is 12.6. The lowest BCUT2D eigenvalue weighted by atomic mass is 9.98. The van der Waals surface area contributed by atoms with Crippen molar-refractivity contribution in [3.63, 3.8) is 0 Å². The van der Waals surface area contributed by atoms with Crippen LogP contribution in [0.3, 0.4) is 0 Å². The second-order valence-electron chi connectivity index (χ2n) is 11.4. The average Bonchev–Trinajstić information content (AvgIpc) is 2.95. The van der Waals surface area contributed by atoms with Gasteiger partial charge >= 0.3 is 0 Å². The minimum atomic E-state index is -0.894. The highest BCUT2D eigenvalue weighted by atomic mass is 16.5. The highest BCUT2D eigenvalue weighted by Gasteiger charge is 2.31. The molecule has 2 heterocycles. The van der Waals surface area contributed by atoms with Crippen LogP contribution in [0.4, 0.5) is 17.2 Å². The van der Waals surface area contributed by atoms with Crippen molar-refractivity contribution in [2.75, 3.05) is 42.7 Å². The molecule has 4 aromatic rings. The maximum Gasteiger partial charge on any atom is 0.265 e. The number of Topliss-reactive ketones (excluding diaryl/α,β-unsaturated/α-hetero) is 1. The Hall–Kier alpha value is -4.76. The number of carbonyl (C=O) groups excluding carboxylic acids is 3. The van der Waals surface area contributed by atoms with Gasteiger partial charge in [0.1, 0.15) is 11.6 Å². The van der Waals surface area contributed by atoms with Crippen molar-refractivity contribution in [1.82, 2.24) is 9.88 Å². The van der Waals surface area contributed by atoms with Crippen molar-refractivity contribution >= 4 is 45.7 Å². The number of aromatic nitrogens is 1. The third kappa shape index (κ3) is 7.18. The molecule has 0 fully saturated rings. The summed E-state index contributed by atoms with van der Waals surface area (Å²) < 4.78 is 5.88. The van der Waals surface area contributed by atoms with Crippen molar-refractivity contribution in [2.24, 2.45) is 0 Å². The Morgan fingerprint density at radius 2 is 1.74 bits per heavy atom. The zero-order chi connectivity index (χ0) is 30.7. The summed E-state index contributed by atoms with van der Waals surface area (Å²) in [5.41, 5.74) is 5.75. The number of nitrogens with one attached hydrogen (secondary N) is 2. The summed E-state index contributed by atoms with van der Waals surface area (Å²) in [4.78, 5) is 46.7. The molecule has 2 amide bonds. The minimum Gasteiger partial charge on any atom is -0.479 e. The highest BCUT2D eigenvalue weighted by Crippen LogP contribution is 2.30. The second-order valence-corrected chi connectivity index (χ2v) is 11.4. The molecule has 2 N–H and O–H groups in total. The van der Waals surface area contributed by atoms with Gasteiger partial charge in [-0.25, -0.2) is 4.98 Å². The van der Waals surface area contributed by atoms with E-state index in [1.807, 2.05) is 76.5 Å². The number of rotatable bonds is 9. The van der Waals surface area contributed by atoms with Gasteiger partial charge in [-0.2, -0.15) is 0 Å². The first kappa shape index (κ1) is 29.7. The summed E-state index contributed by atoms with van der Waals surface area (Å²) in [7, 11) is 4.08. The van der Waals surface area contributed by atoms with Crippen LogP contribution in [-0.4, -0.2) is 60.8 Å². The number of likely N-dealkylation sites (N-methyl/N-ethyl adjacent to an activating group) is 1. The van der Waals surface area contributed by atoms with E-state index in [2.05, 4.69) is 26.5 Å². The van der Waals surface area contributed by atoms with Gasteiger partial charge in [0, 0.05) is 43.3 Å². The van der Waals surface area contributed by atoms with Gasteiger partial charge in [0.15, 0.2) is 11.9 Å². The molecular weight excluding hydrogens is 542 g/mol. The van der Waals surface area contributed by atoms with E-state index in [9.17, 15) is 14.4 Å². The summed E-state index contributed by atoms with van der Waals surface area (Å²) in [5.74, 6) is 0.712. The van der Waals surface area contributed by atoms with Crippen LogP contribution < -0.4 is 20.3 Å². The number of carbonyl (C=O) groups is 3. The number of aryl methyl sites for hydroxylation is 2. The fourth-order valence-electron chi connectivity index (χ4n) is 5.19. The molecule has 1 atom stereocenters.